The predicted octanol–water partition coefficient (Wildman–Crippen LogP) is 1.91. The van der Waals surface area contributed by atoms with E-state index in [9.17, 15) is 0 Å². The second-order valence-corrected chi connectivity index (χ2v) is 4.39. The SMILES string of the molecule is CNC(=S)NCC1CCCCC1C. The van der Waals surface area contributed by atoms with Crippen molar-refractivity contribution in [1.29, 1.82) is 0 Å². The van der Waals surface area contributed by atoms with Crippen molar-refractivity contribution in [2.45, 2.75) is 32.6 Å². The zero-order chi connectivity index (χ0) is 9.68. The van der Waals surface area contributed by atoms with Gasteiger partial charge in [0.25, 0.3) is 0 Å². The summed E-state index contributed by atoms with van der Waals surface area (Å²) in [5.74, 6) is 1.68. The molecule has 0 spiro atoms. The Morgan fingerprint density at radius 1 is 1.38 bits per heavy atom. The lowest BCUT2D eigenvalue weighted by Crippen LogP contribution is -2.38. The van der Waals surface area contributed by atoms with E-state index in [2.05, 4.69) is 17.6 Å². The Balaban J connectivity index is 2.22. The van der Waals surface area contributed by atoms with Gasteiger partial charge in [-0.2, -0.15) is 0 Å². The second-order valence-electron chi connectivity index (χ2n) is 3.98. The summed E-state index contributed by atoms with van der Waals surface area (Å²) in [7, 11) is 1.86. The van der Waals surface area contributed by atoms with E-state index >= 15 is 0 Å². The third kappa shape index (κ3) is 3.51. The van der Waals surface area contributed by atoms with Crippen molar-refractivity contribution in [1.82, 2.24) is 10.6 Å². The minimum atomic E-state index is 0.776. The van der Waals surface area contributed by atoms with E-state index in [0.29, 0.717) is 0 Å². The fourth-order valence-corrected chi connectivity index (χ4v) is 2.09. The minimum absolute atomic E-state index is 0.776. The average molecular weight is 200 g/mol. The van der Waals surface area contributed by atoms with Crippen LogP contribution in [0.3, 0.4) is 0 Å². The summed E-state index contributed by atoms with van der Waals surface area (Å²) in [5.41, 5.74) is 0. The topological polar surface area (TPSA) is 24.1 Å². The molecule has 76 valence electrons. The molecule has 0 aromatic carbocycles. The van der Waals surface area contributed by atoms with Crippen LogP contribution >= 0.6 is 12.2 Å². The average Bonchev–Trinajstić information content (AvgIpc) is 2.16. The Morgan fingerprint density at radius 2 is 2.08 bits per heavy atom. The minimum Gasteiger partial charge on any atom is -0.366 e. The van der Waals surface area contributed by atoms with Crippen LogP contribution in [0.4, 0.5) is 0 Å². The smallest absolute Gasteiger partial charge is 0.166 e. The maximum Gasteiger partial charge on any atom is 0.166 e. The van der Waals surface area contributed by atoms with Gasteiger partial charge in [0.05, 0.1) is 0 Å². The van der Waals surface area contributed by atoms with E-state index in [4.69, 9.17) is 12.2 Å². The Labute approximate surface area is 86.5 Å². The summed E-state index contributed by atoms with van der Waals surface area (Å²) in [6, 6.07) is 0. The molecule has 0 aliphatic heterocycles. The van der Waals surface area contributed by atoms with Crippen molar-refractivity contribution in [2.24, 2.45) is 11.8 Å². The molecule has 0 aromatic rings. The molecule has 0 aromatic heterocycles. The van der Waals surface area contributed by atoms with Gasteiger partial charge in [0.1, 0.15) is 0 Å². The highest BCUT2D eigenvalue weighted by Gasteiger charge is 2.20. The zero-order valence-electron chi connectivity index (χ0n) is 8.60. The van der Waals surface area contributed by atoms with Crippen molar-refractivity contribution < 1.29 is 0 Å². The lowest BCUT2D eigenvalue weighted by atomic mass is 9.80. The van der Waals surface area contributed by atoms with Crippen LogP contribution in [0, 0.1) is 11.8 Å². The van der Waals surface area contributed by atoms with Crippen molar-refractivity contribution in [3.63, 3.8) is 0 Å². The Morgan fingerprint density at radius 3 is 2.69 bits per heavy atom. The number of thiocarbonyl (C=S) groups is 1. The normalized spacial score (nSPS) is 28.2. The monoisotopic (exact) mass is 200 g/mol. The summed E-state index contributed by atoms with van der Waals surface area (Å²) in [6.07, 6.45) is 5.55. The summed E-state index contributed by atoms with van der Waals surface area (Å²) in [4.78, 5) is 0. The third-order valence-electron chi connectivity index (χ3n) is 3.04. The van der Waals surface area contributed by atoms with Gasteiger partial charge in [0.15, 0.2) is 5.11 Å². The molecule has 2 nitrogen and oxygen atoms in total. The molecule has 0 radical (unpaired) electrons. The molecule has 0 bridgehead atoms. The highest BCUT2D eigenvalue weighted by Crippen LogP contribution is 2.28. The van der Waals surface area contributed by atoms with Crippen molar-refractivity contribution in [3.05, 3.63) is 0 Å². The van der Waals surface area contributed by atoms with Crippen LogP contribution in [0.2, 0.25) is 0 Å². The molecule has 0 heterocycles. The van der Waals surface area contributed by atoms with E-state index in [-0.39, 0.29) is 0 Å². The fourth-order valence-electron chi connectivity index (χ4n) is 2.01. The van der Waals surface area contributed by atoms with Crippen LogP contribution in [-0.2, 0) is 0 Å². The van der Waals surface area contributed by atoms with Crippen LogP contribution in [0.5, 0.6) is 0 Å². The molecule has 1 fully saturated rings. The first kappa shape index (κ1) is 10.8. The lowest BCUT2D eigenvalue weighted by Gasteiger charge is -2.29. The standard InChI is InChI=1S/C10H20N2S/c1-8-5-3-4-6-9(8)7-12-10(13)11-2/h8-9H,3-7H2,1-2H3,(H2,11,12,13). The van der Waals surface area contributed by atoms with Crippen molar-refractivity contribution in [2.75, 3.05) is 13.6 Å². The van der Waals surface area contributed by atoms with E-state index in [1.165, 1.54) is 25.7 Å². The Kier molecular flexibility index (Phi) is 4.50. The summed E-state index contributed by atoms with van der Waals surface area (Å²) >= 11 is 5.04. The molecule has 3 heteroatoms. The highest BCUT2D eigenvalue weighted by atomic mass is 32.1. The number of nitrogens with one attached hydrogen (secondary N) is 2. The van der Waals surface area contributed by atoms with Crippen LogP contribution in [-0.4, -0.2) is 18.7 Å². The van der Waals surface area contributed by atoms with Gasteiger partial charge in [-0.25, -0.2) is 0 Å². The third-order valence-corrected chi connectivity index (χ3v) is 3.39. The van der Waals surface area contributed by atoms with Crippen LogP contribution in [0.1, 0.15) is 32.6 Å². The van der Waals surface area contributed by atoms with Gasteiger partial charge in [0.2, 0.25) is 0 Å². The van der Waals surface area contributed by atoms with Crippen molar-refractivity contribution in [3.8, 4) is 0 Å². The molecule has 2 N–H and O–H groups in total. The molecule has 1 aliphatic carbocycles. The quantitative estimate of drug-likeness (QED) is 0.666. The lowest BCUT2D eigenvalue weighted by molar-refractivity contribution is 0.256. The Bertz CT molecular complexity index is 170. The largest absolute Gasteiger partial charge is 0.366 e. The predicted molar refractivity (Wildman–Crippen MR) is 60.8 cm³/mol. The van der Waals surface area contributed by atoms with Crippen LogP contribution in [0.25, 0.3) is 0 Å². The molecular formula is C10H20N2S. The van der Waals surface area contributed by atoms with E-state index in [0.717, 1.165) is 23.5 Å². The van der Waals surface area contributed by atoms with Gasteiger partial charge in [-0.05, 0) is 30.5 Å². The molecular weight excluding hydrogens is 180 g/mol. The summed E-state index contributed by atoms with van der Waals surface area (Å²) < 4.78 is 0. The molecule has 13 heavy (non-hydrogen) atoms. The molecule has 1 aliphatic rings. The van der Waals surface area contributed by atoms with Gasteiger partial charge in [-0.1, -0.05) is 26.2 Å². The van der Waals surface area contributed by atoms with E-state index in [1.807, 2.05) is 7.05 Å². The first-order chi connectivity index (χ1) is 6.24. The first-order valence-corrected chi connectivity index (χ1v) is 5.60. The molecule has 1 saturated carbocycles. The Hall–Kier alpha value is -0.310. The van der Waals surface area contributed by atoms with E-state index < -0.39 is 0 Å². The maximum absolute atomic E-state index is 5.04. The number of hydrogen-bond acceptors (Lipinski definition) is 1. The molecule has 0 amide bonds. The van der Waals surface area contributed by atoms with Crippen LogP contribution in [0.15, 0.2) is 0 Å². The summed E-state index contributed by atoms with van der Waals surface area (Å²) in [5, 5.41) is 6.97. The molecule has 2 atom stereocenters. The van der Waals surface area contributed by atoms with Gasteiger partial charge in [-0.3, -0.25) is 0 Å². The van der Waals surface area contributed by atoms with Gasteiger partial charge in [-0.15, -0.1) is 0 Å². The van der Waals surface area contributed by atoms with Gasteiger partial charge < -0.3 is 10.6 Å². The highest BCUT2D eigenvalue weighted by molar-refractivity contribution is 7.80. The fraction of sp³-hybridized carbons (Fsp3) is 0.900. The van der Waals surface area contributed by atoms with Gasteiger partial charge in [0, 0.05) is 13.6 Å². The summed E-state index contributed by atoms with van der Waals surface area (Å²) in [6.45, 7) is 3.40. The van der Waals surface area contributed by atoms with E-state index in [1.54, 1.807) is 0 Å². The van der Waals surface area contributed by atoms with Gasteiger partial charge >= 0.3 is 0 Å². The number of rotatable bonds is 2. The molecule has 0 saturated heterocycles. The second kappa shape index (κ2) is 5.43. The number of hydrogen-bond donors (Lipinski definition) is 2. The molecule has 2 unspecified atom stereocenters. The first-order valence-electron chi connectivity index (χ1n) is 5.19. The van der Waals surface area contributed by atoms with Crippen LogP contribution < -0.4 is 10.6 Å². The molecule has 1 rings (SSSR count). The maximum atomic E-state index is 5.04. The van der Waals surface area contributed by atoms with Crippen molar-refractivity contribution >= 4 is 17.3 Å². The zero-order valence-corrected chi connectivity index (χ0v) is 9.41.